The van der Waals surface area contributed by atoms with E-state index < -0.39 is 0 Å². The normalized spacial score (nSPS) is 12.8. The zero-order valence-corrected chi connectivity index (χ0v) is 15.7. The van der Waals surface area contributed by atoms with Crippen LogP contribution in [0.3, 0.4) is 0 Å². The highest BCUT2D eigenvalue weighted by atomic mass is 15.2. The molecule has 1 atom stereocenters. The van der Waals surface area contributed by atoms with E-state index in [-0.39, 0.29) is 6.04 Å². The predicted molar refractivity (Wildman–Crippen MR) is 110 cm³/mol. The predicted octanol–water partition coefficient (Wildman–Crippen LogP) is 4.01. The molecule has 2 N–H and O–H groups in total. The van der Waals surface area contributed by atoms with Gasteiger partial charge in [0.25, 0.3) is 0 Å². The standard InChI is InChI=1S/C22H26N4/c1-16-11-12-18(15-25-16)13-14-24-22(23-3)26-17(2)20-10-6-8-19-7-4-5-9-21(19)20/h4-12,15,17H,13-14H2,1-3H3,(H2,23,24,26). The van der Waals surface area contributed by atoms with Gasteiger partial charge in [-0.3, -0.25) is 9.98 Å². The molecule has 0 bridgehead atoms. The molecule has 0 aliphatic heterocycles. The molecule has 0 amide bonds. The SMILES string of the molecule is CN=C(NCCc1ccc(C)nc1)NC(C)c1cccc2ccccc12. The Balaban J connectivity index is 1.61. The molecule has 0 fully saturated rings. The van der Waals surface area contributed by atoms with Gasteiger partial charge in [0.1, 0.15) is 0 Å². The van der Waals surface area contributed by atoms with Gasteiger partial charge in [0, 0.05) is 25.5 Å². The van der Waals surface area contributed by atoms with E-state index >= 15 is 0 Å². The van der Waals surface area contributed by atoms with Crippen LogP contribution in [0.15, 0.2) is 65.8 Å². The van der Waals surface area contributed by atoms with E-state index in [1.807, 2.05) is 19.2 Å². The highest BCUT2D eigenvalue weighted by Gasteiger charge is 2.10. The first-order valence-electron chi connectivity index (χ1n) is 9.04. The van der Waals surface area contributed by atoms with Crippen molar-refractivity contribution in [2.45, 2.75) is 26.3 Å². The number of nitrogens with zero attached hydrogens (tertiary/aromatic N) is 2. The topological polar surface area (TPSA) is 49.3 Å². The molecule has 0 aliphatic carbocycles. The second-order valence-electron chi connectivity index (χ2n) is 6.49. The quantitative estimate of drug-likeness (QED) is 0.542. The fraction of sp³-hybridized carbons (Fsp3) is 0.273. The lowest BCUT2D eigenvalue weighted by Crippen LogP contribution is -2.39. The van der Waals surface area contributed by atoms with Crippen molar-refractivity contribution < 1.29 is 0 Å². The summed E-state index contributed by atoms with van der Waals surface area (Å²) in [6.07, 6.45) is 2.85. The number of nitrogens with one attached hydrogen (secondary N) is 2. The lowest BCUT2D eigenvalue weighted by Gasteiger charge is -2.20. The molecular formula is C22H26N4. The third-order valence-corrected chi connectivity index (χ3v) is 4.55. The summed E-state index contributed by atoms with van der Waals surface area (Å²) < 4.78 is 0. The molecule has 4 heteroatoms. The third kappa shape index (κ3) is 4.39. The smallest absolute Gasteiger partial charge is 0.191 e. The molecular weight excluding hydrogens is 320 g/mol. The maximum Gasteiger partial charge on any atom is 0.191 e. The molecule has 0 aliphatic rings. The molecule has 1 unspecified atom stereocenters. The van der Waals surface area contributed by atoms with Crippen LogP contribution < -0.4 is 10.6 Å². The molecule has 3 aromatic rings. The van der Waals surface area contributed by atoms with Crippen molar-refractivity contribution in [2.75, 3.05) is 13.6 Å². The Morgan fingerprint density at radius 3 is 2.65 bits per heavy atom. The molecule has 0 spiro atoms. The summed E-state index contributed by atoms with van der Waals surface area (Å²) in [6.45, 7) is 4.98. The van der Waals surface area contributed by atoms with Gasteiger partial charge in [-0.2, -0.15) is 0 Å². The number of hydrogen-bond acceptors (Lipinski definition) is 2. The van der Waals surface area contributed by atoms with Gasteiger partial charge in [0.15, 0.2) is 5.96 Å². The van der Waals surface area contributed by atoms with Gasteiger partial charge < -0.3 is 10.6 Å². The van der Waals surface area contributed by atoms with E-state index in [2.05, 4.69) is 76.1 Å². The van der Waals surface area contributed by atoms with E-state index in [9.17, 15) is 0 Å². The van der Waals surface area contributed by atoms with Crippen molar-refractivity contribution in [1.29, 1.82) is 0 Å². The van der Waals surface area contributed by atoms with Crippen LogP contribution in [-0.4, -0.2) is 24.5 Å². The molecule has 0 saturated heterocycles. The number of guanidine groups is 1. The number of fused-ring (bicyclic) bond motifs is 1. The fourth-order valence-corrected chi connectivity index (χ4v) is 3.08. The van der Waals surface area contributed by atoms with Crippen molar-refractivity contribution in [3.8, 4) is 0 Å². The summed E-state index contributed by atoms with van der Waals surface area (Å²) in [5.74, 6) is 0.811. The Morgan fingerprint density at radius 1 is 1.08 bits per heavy atom. The number of hydrogen-bond donors (Lipinski definition) is 2. The fourth-order valence-electron chi connectivity index (χ4n) is 3.08. The van der Waals surface area contributed by atoms with Gasteiger partial charge >= 0.3 is 0 Å². The maximum atomic E-state index is 4.36. The van der Waals surface area contributed by atoms with Gasteiger partial charge in [-0.05, 0) is 48.2 Å². The van der Waals surface area contributed by atoms with Gasteiger partial charge in [-0.25, -0.2) is 0 Å². The van der Waals surface area contributed by atoms with Gasteiger partial charge in [-0.1, -0.05) is 48.5 Å². The second-order valence-corrected chi connectivity index (χ2v) is 6.49. The molecule has 134 valence electrons. The first-order valence-corrected chi connectivity index (χ1v) is 9.04. The summed E-state index contributed by atoms with van der Waals surface area (Å²) in [5.41, 5.74) is 3.54. The number of aromatic nitrogens is 1. The van der Waals surface area contributed by atoms with Gasteiger partial charge in [0.2, 0.25) is 0 Å². The number of benzene rings is 2. The zero-order chi connectivity index (χ0) is 18.4. The summed E-state index contributed by atoms with van der Waals surface area (Å²) in [5, 5.41) is 9.42. The minimum absolute atomic E-state index is 0.161. The zero-order valence-electron chi connectivity index (χ0n) is 15.7. The third-order valence-electron chi connectivity index (χ3n) is 4.55. The summed E-state index contributed by atoms with van der Waals surface area (Å²) in [4.78, 5) is 8.70. The van der Waals surface area contributed by atoms with Gasteiger partial charge in [0.05, 0.1) is 6.04 Å². The van der Waals surface area contributed by atoms with Crippen LogP contribution in [-0.2, 0) is 6.42 Å². The average molecular weight is 346 g/mol. The molecule has 26 heavy (non-hydrogen) atoms. The molecule has 2 aromatic carbocycles. The first-order chi connectivity index (χ1) is 12.7. The van der Waals surface area contributed by atoms with Crippen LogP contribution in [0.5, 0.6) is 0 Å². The van der Waals surface area contributed by atoms with Crippen molar-refractivity contribution in [3.63, 3.8) is 0 Å². The Kier molecular flexibility index (Phi) is 5.84. The first kappa shape index (κ1) is 17.9. The highest BCUT2D eigenvalue weighted by Crippen LogP contribution is 2.23. The lowest BCUT2D eigenvalue weighted by atomic mass is 10.00. The molecule has 1 aromatic heterocycles. The molecule has 4 nitrogen and oxygen atoms in total. The van der Waals surface area contributed by atoms with Crippen LogP contribution in [0.25, 0.3) is 10.8 Å². The van der Waals surface area contributed by atoms with Crippen LogP contribution >= 0.6 is 0 Å². The number of aliphatic imine (C=N–C) groups is 1. The Labute approximate surface area is 155 Å². The van der Waals surface area contributed by atoms with Crippen LogP contribution in [0.4, 0.5) is 0 Å². The molecule has 0 radical (unpaired) electrons. The average Bonchev–Trinajstić information content (AvgIpc) is 2.68. The Hall–Kier alpha value is -2.88. The highest BCUT2D eigenvalue weighted by molar-refractivity contribution is 5.87. The lowest BCUT2D eigenvalue weighted by molar-refractivity contribution is 0.688. The van der Waals surface area contributed by atoms with Crippen molar-refractivity contribution in [3.05, 3.63) is 77.6 Å². The maximum absolute atomic E-state index is 4.36. The van der Waals surface area contributed by atoms with Crippen molar-refractivity contribution >= 4 is 16.7 Å². The van der Waals surface area contributed by atoms with E-state index in [1.165, 1.54) is 21.9 Å². The van der Waals surface area contributed by atoms with E-state index in [1.54, 1.807) is 7.05 Å². The van der Waals surface area contributed by atoms with E-state index in [4.69, 9.17) is 0 Å². The van der Waals surface area contributed by atoms with Crippen molar-refractivity contribution in [2.24, 2.45) is 4.99 Å². The Morgan fingerprint density at radius 2 is 1.88 bits per heavy atom. The molecule has 3 rings (SSSR count). The van der Waals surface area contributed by atoms with Gasteiger partial charge in [-0.15, -0.1) is 0 Å². The molecule has 0 saturated carbocycles. The minimum Gasteiger partial charge on any atom is -0.356 e. The minimum atomic E-state index is 0.161. The van der Waals surface area contributed by atoms with Crippen LogP contribution in [0, 0.1) is 6.92 Å². The second kappa shape index (κ2) is 8.48. The van der Waals surface area contributed by atoms with E-state index in [0.717, 1.165) is 24.6 Å². The van der Waals surface area contributed by atoms with Crippen LogP contribution in [0.2, 0.25) is 0 Å². The van der Waals surface area contributed by atoms with Crippen molar-refractivity contribution in [1.82, 2.24) is 15.6 Å². The largest absolute Gasteiger partial charge is 0.356 e. The monoisotopic (exact) mass is 346 g/mol. The summed E-state index contributed by atoms with van der Waals surface area (Å²) in [6, 6.07) is 19.2. The number of pyridine rings is 1. The molecule has 1 heterocycles. The summed E-state index contributed by atoms with van der Waals surface area (Å²) >= 11 is 0. The van der Waals surface area contributed by atoms with E-state index in [0.29, 0.717) is 0 Å². The number of rotatable bonds is 5. The Bertz CT molecular complexity index is 879. The van der Waals surface area contributed by atoms with Crippen LogP contribution in [0.1, 0.15) is 29.8 Å². The number of aryl methyl sites for hydroxylation is 1. The summed E-state index contributed by atoms with van der Waals surface area (Å²) in [7, 11) is 1.80.